The lowest BCUT2D eigenvalue weighted by Crippen LogP contribution is -2.46. The molecule has 2 atom stereocenters. The van der Waals surface area contributed by atoms with Crippen LogP contribution in [0.15, 0.2) is 24.3 Å². The number of nitrogens with one attached hydrogen (secondary N) is 1. The first kappa shape index (κ1) is 15.3. The zero-order chi connectivity index (χ0) is 14.4. The minimum absolute atomic E-state index is 0.0558. The molecule has 0 saturated heterocycles. The summed E-state index contributed by atoms with van der Waals surface area (Å²) in [5, 5.41) is 3.04. The van der Waals surface area contributed by atoms with Crippen molar-refractivity contribution in [2.24, 2.45) is 0 Å². The van der Waals surface area contributed by atoms with E-state index in [9.17, 15) is 4.79 Å². The van der Waals surface area contributed by atoms with Gasteiger partial charge in [-0.1, -0.05) is 13.3 Å². The molecule has 1 amide bonds. The highest BCUT2D eigenvalue weighted by Gasteiger charge is 2.19. The molecule has 0 spiro atoms. The number of nitrogens with two attached hydrogens (primary N) is 1. The van der Waals surface area contributed by atoms with E-state index in [1.807, 2.05) is 50.1 Å². The summed E-state index contributed by atoms with van der Waals surface area (Å²) in [6.07, 6.45) is 2.08. The first-order valence-electron chi connectivity index (χ1n) is 6.84. The first-order valence-corrected chi connectivity index (χ1v) is 6.84. The Balaban J connectivity index is 2.63. The molecule has 0 aromatic heterocycles. The molecule has 0 fully saturated rings. The fourth-order valence-electron chi connectivity index (χ4n) is 1.98. The van der Waals surface area contributed by atoms with E-state index in [2.05, 4.69) is 12.2 Å². The van der Waals surface area contributed by atoms with Crippen molar-refractivity contribution in [1.82, 2.24) is 5.32 Å². The van der Waals surface area contributed by atoms with Crippen molar-refractivity contribution in [2.45, 2.75) is 45.7 Å². The van der Waals surface area contributed by atoms with E-state index in [-0.39, 0.29) is 18.0 Å². The standard InChI is InChI=1S/C15H25N3O/c1-5-6-11(2)17-15(19)12(3)18(4)14-9-7-13(16)8-10-14/h7-12H,5-6,16H2,1-4H3,(H,17,19). The van der Waals surface area contributed by atoms with Crippen LogP contribution in [0.25, 0.3) is 0 Å². The number of hydrogen-bond donors (Lipinski definition) is 2. The molecule has 0 heterocycles. The summed E-state index contributed by atoms with van der Waals surface area (Å²) < 4.78 is 0. The molecular formula is C15H25N3O. The zero-order valence-corrected chi connectivity index (χ0v) is 12.3. The van der Waals surface area contributed by atoms with Crippen molar-refractivity contribution < 1.29 is 4.79 Å². The average molecular weight is 263 g/mol. The summed E-state index contributed by atoms with van der Waals surface area (Å²) in [4.78, 5) is 14.1. The third kappa shape index (κ3) is 4.47. The second kappa shape index (κ2) is 7.02. The second-order valence-corrected chi connectivity index (χ2v) is 5.08. The minimum atomic E-state index is -0.206. The Bertz CT molecular complexity index is 402. The molecule has 0 bridgehead atoms. The molecule has 0 aliphatic carbocycles. The van der Waals surface area contributed by atoms with Crippen molar-refractivity contribution in [3.8, 4) is 0 Å². The Morgan fingerprint density at radius 2 is 1.89 bits per heavy atom. The summed E-state index contributed by atoms with van der Waals surface area (Å²) in [6.45, 7) is 6.06. The van der Waals surface area contributed by atoms with E-state index in [4.69, 9.17) is 5.73 Å². The maximum atomic E-state index is 12.1. The predicted octanol–water partition coefficient (Wildman–Crippen LogP) is 2.40. The van der Waals surface area contributed by atoms with Crippen molar-refractivity contribution in [3.05, 3.63) is 24.3 Å². The van der Waals surface area contributed by atoms with Gasteiger partial charge in [0.2, 0.25) is 5.91 Å². The highest BCUT2D eigenvalue weighted by Crippen LogP contribution is 2.17. The SMILES string of the molecule is CCCC(C)NC(=O)C(C)N(C)c1ccc(N)cc1. The maximum Gasteiger partial charge on any atom is 0.242 e. The number of likely N-dealkylation sites (N-methyl/N-ethyl adjacent to an activating group) is 1. The molecule has 19 heavy (non-hydrogen) atoms. The third-order valence-electron chi connectivity index (χ3n) is 3.37. The van der Waals surface area contributed by atoms with Gasteiger partial charge in [-0.2, -0.15) is 0 Å². The minimum Gasteiger partial charge on any atom is -0.399 e. The van der Waals surface area contributed by atoms with Crippen molar-refractivity contribution in [2.75, 3.05) is 17.7 Å². The van der Waals surface area contributed by atoms with E-state index in [0.29, 0.717) is 0 Å². The van der Waals surface area contributed by atoms with Crippen LogP contribution >= 0.6 is 0 Å². The monoisotopic (exact) mass is 263 g/mol. The summed E-state index contributed by atoms with van der Waals surface area (Å²) in [5.41, 5.74) is 7.38. The topological polar surface area (TPSA) is 58.4 Å². The van der Waals surface area contributed by atoms with Crippen LogP contribution in [0.4, 0.5) is 11.4 Å². The molecule has 1 rings (SSSR count). The second-order valence-electron chi connectivity index (χ2n) is 5.08. The van der Waals surface area contributed by atoms with Gasteiger partial charge in [-0.25, -0.2) is 0 Å². The van der Waals surface area contributed by atoms with Crippen LogP contribution in [0.3, 0.4) is 0 Å². The number of amides is 1. The van der Waals surface area contributed by atoms with Crippen LogP contribution in [0, 0.1) is 0 Å². The highest BCUT2D eigenvalue weighted by atomic mass is 16.2. The van der Waals surface area contributed by atoms with Gasteiger partial charge >= 0.3 is 0 Å². The van der Waals surface area contributed by atoms with Gasteiger partial charge in [0.05, 0.1) is 0 Å². The van der Waals surface area contributed by atoms with Crippen LogP contribution in [0.1, 0.15) is 33.6 Å². The van der Waals surface area contributed by atoms with Gasteiger partial charge in [0.15, 0.2) is 0 Å². The smallest absolute Gasteiger partial charge is 0.242 e. The van der Waals surface area contributed by atoms with E-state index in [1.165, 1.54) is 0 Å². The molecular weight excluding hydrogens is 238 g/mol. The Hall–Kier alpha value is -1.71. The number of hydrogen-bond acceptors (Lipinski definition) is 3. The molecule has 0 saturated carbocycles. The molecule has 0 radical (unpaired) electrons. The quantitative estimate of drug-likeness (QED) is 0.775. The van der Waals surface area contributed by atoms with E-state index >= 15 is 0 Å². The number of rotatable bonds is 6. The molecule has 1 aromatic carbocycles. The van der Waals surface area contributed by atoms with Crippen molar-refractivity contribution in [1.29, 1.82) is 0 Å². The summed E-state index contributed by atoms with van der Waals surface area (Å²) in [6, 6.07) is 7.55. The van der Waals surface area contributed by atoms with Crippen LogP contribution in [0.5, 0.6) is 0 Å². The lowest BCUT2D eigenvalue weighted by atomic mass is 10.1. The fourth-order valence-corrected chi connectivity index (χ4v) is 1.98. The number of nitrogens with zero attached hydrogens (tertiary/aromatic N) is 1. The largest absolute Gasteiger partial charge is 0.399 e. The number of carbonyl (C=O) groups is 1. The van der Waals surface area contributed by atoms with Crippen LogP contribution in [-0.2, 0) is 4.79 Å². The highest BCUT2D eigenvalue weighted by molar-refractivity contribution is 5.85. The molecule has 3 N–H and O–H groups in total. The summed E-state index contributed by atoms with van der Waals surface area (Å²) in [7, 11) is 1.92. The van der Waals surface area contributed by atoms with Gasteiger partial charge in [-0.15, -0.1) is 0 Å². The normalized spacial score (nSPS) is 13.7. The van der Waals surface area contributed by atoms with E-state index in [1.54, 1.807) is 0 Å². The van der Waals surface area contributed by atoms with Crippen LogP contribution in [-0.4, -0.2) is 25.0 Å². The third-order valence-corrected chi connectivity index (χ3v) is 3.37. The summed E-state index contributed by atoms with van der Waals surface area (Å²) in [5.74, 6) is 0.0558. The summed E-state index contributed by atoms with van der Waals surface area (Å²) >= 11 is 0. The molecule has 4 heteroatoms. The van der Waals surface area contributed by atoms with Crippen LogP contribution in [0.2, 0.25) is 0 Å². The number of anilines is 2. The number of benzene rings is 1. The Kier molecular flexibility index (Phi) is 5.67. The van der Waals surface area contributed by atoms with Gasteiger partial charge in [-0.05, 0) is 44.5 Å². The van der Waals surface area contributed by atoms with Gasteiger partial charge < -0.3 is 16.0 Å². The Labute approximate surface area is 116 Å². The van der Waals surface area contributed by atoms with Gasteiger partial charge in [0.1, 0.15) is 6.04 Å². The number of nitrogen functional groups attached to an aromatic ring is 1. The molecule has 4 nitrogen and oxygen atoms in total. The first-order chi connectivity index (χ1) is 8.95. The number of carbonyl (C=O) groups excluding carboxylic acids is 1. The van der Waals surface area contributed by atoms with Gasteiger partial charge in [-0.3, -0.25) is 4.79 Å². The molecule has 1 aromatic rings. The molecule has 0 aliphatic rings. The Morgan fingerprint density at radius 1 is 1.32 bits per heavy atom. The molecule has 106 valence electrons. The van der Waals surface area contributed by atoms with Gasteiger partial charge in [0.25, 0.3) is 0 Å². The van der Waals surface area contributed by atoms with E-state index < -0.39 is 0 Å². The van der Waals surface area contributed by atoms with Crippen molar-refractivity contribution >= 4 is 17.3 Å². The Morgan fingerprint density at radius 3 is 2.42 bits per heavy atom. The fraction of sp³-hybridized carbons (Fsp3) is 0.533. The zero-order valence-electron chi connectivity index (χ0n) is 12.3. The van der Waals surface area contributed by atoms with E-state index in [0.717, 1.165) is 24.2 Å². The molecule has 2 unspecified atom stereocenters. The average Bonchev–Trinajstić information content (AvgIpc) is 2.38. The lowest BCUT2D eigenvalue weighted by Gasteiger charge is -2.27. The lowest BCUT2D eigenvalue weighted by molar-refractivity contribution is -0.122. The van der Waals surface area contributed by atoms with Crippen molar-refractivity contribution in [3.63, 3.8) is 0 Å². The van der Waals surface area contributed by atoms with Crippen LogP contribution < -0.4 is 16.0 Å². The molecule has 0 aliphatic heterocycles. The predicted molar refractivity (Wildman–Crippen MR) is 81.2 cm³/mol. The maximum absolute atomic E-state index is 12.1. The van der Waals surface area contributed by atoms with Gasteiger partial charge in [0, 0.05) is 24.5 Å².